The van der Waals surface area contributed by atoms with E-state index in [0.717, 1.165) is 0 Å². The summed E-state index contributed by atoms with van der Waals surface area (Å²) in [6.07, 6.45) is -1.14. The molecule has 58 valence electrons. The minimum atomic E-state index is -1.14. The maximum atomic E-state index is 10.9. The number of carboxylic acid groups (broad SMARTS) is 1. The van der Waals surface area contributed by atoms with E-state index in [1.54, 1.807) is 30.3 Å². The highest BCUT2D eigenvalue weighted by molar-refractivity contribution is 5.73. The number of aliphatic hydroxyl groups is 1. The number of benzene rings is 1. The molecule has 1 aromatic carbocycles. The van der Waals surface area contributed by atoms with Crippen molar-refractivity contribution in [2.24, 2.45) is 0 Å². The zero-order valence-corrected chi connectivity index (χ0v) is 5.69. The van der Waals surface area contributed by atoms with Crippen LogP contribution in [0.1, 0.15) is 11.7 Å². The fourth-order valence-corrected chi connectivity index (χ4v) is 0.764. The molecule has 3 heteroatoms. The standard InChI is InChI=1S/C8H8O3/c9-7(8(10)11)6-4-2-1-3-5-6/h1-5,7,9H,(H,10,11)/t7-/m0/s1/i9D/hD. The van der Waals surface area contributed by atoms with Gasteiger partial charge in [0.2, 0.25) is 1.43 Å². The molecule has 3 nitrogen and oxygen atoms in total. The second-order valence-corrected chi connectivity index (χ2v) is 2.11. The predicted molar refractivity (Wildman–Crippen MR) is 39.0 cm³/mol. The summed E-state index contributed by atoms with van der Waals surface area (Å²) < 4.78 is 13.0. The van der Waals surface area contributed by atoms with Crippen LogP contribution < -0.4 is 0 Å². The highest BCUT2D eigenvalue weighted by Gasteiger charge is 2.14. The zero-order chi connectivity index (χ0) is 9.68. The highest BCUT2D eigenvalue weighted by Crippen LogP contribution is 2.10. The van der Waals surface area contributed by atoms with Crippen LogP contribution in [0.4, 0.5) is 0 Å². The lowest BCUT2D eigenvalue weighted by Gasteiger charge is -2.03. The highest BCUT2D eigenvalue weighted by atomic mass is 16.4. The van der Waals surface area contributed by atoms with E-state index >= 15 is 0 Å². The molecule has 1 atom stereocenters. The Balaban J connectivity index is 2.85. The van der Waals surface area contributed by atoms with E-state index in [-0.39, 0.29) is 0 Å². The molecule has 0 aliphatic rings. The summed E-state index contributed by atoms with van der Waals surface area (Å²) in [5, 5.41) is 7.87. The number of aliphatic hydroxyl groups excluding tert-OH is 1. The van der Waals surface area contributed by atoms with Gasteiger partial charge < -0.3 is 10.2 Å². The minimum absolute atomic E-state index is 0.495. The van der Waals surface area contributed by atoms with Crippen molar-refractivity contribution >= 4 is 5.97 Å². The minimum Gasteiger partial charge on any atom is -0.479 e. The fraction of sp³-hybridized carbons (Fsp3) is 0.125. The second-order valence-electron chi connectivity index (χ2n) is 2.11. The molecule has 11 heavy (non-hydrogen) atoms. The third kappa shape index (κ3) is 1.78. The maximum Gasteiger partial charge on any atom is 0.337 e. The van der Waals surface area contributed by atoms with Crippen LogP contribution in [-0.4, -0.2) is 17.6 Å². The van der Waals surface area contributed by atoms with Gasteiger partial charge in [-0.1, -0.05) is 30.3 Å². The van der Waals surface area contributed by atoms with E-state index in [2.05, 4.69) is 10.2 Å². The molecule has 0 heterocycles. The van der Waals surface area contributed by atoms with Crippen LogP contribution in [0.15, 0.2) is 30.3 Å². The van der Waals surface area contributed by atoms with Crippen molar-refractivity contribution in [3.05, 3.63) is 35.9 Å². The van der Waals surface area contributed by atoms with E-state index < -0.39 is 12.1 Å². The van der Waals surface area contributed by atoms with E-state index in [0.29, 0.717) is 5.56 Å². The fourth-order valence-electron chi connectivity index (χ4n) is 0.764. The van der Waals surface area contributed by atoms with Crippen molar-refractivity contribution in [2.75, 3.05) is 0 Å². The van der Waals surface area contributed by atoms with Crippen LogP contribution in [0.5, 0.6) is 0 Å². The van der Waals surface area contributed by atoms with Gasteiger partial charge in [-0.25, -0.2) is 4.79 Å². The molecule has 0 amide bonds. The molecule has 0 aliphatic heterocycles. The van der Waals surface area contributed by atoms with Crippen LogP contribution in [0.25, 0.3) is 1.43 Å². The Hall–Kier alpha value is -1.35. The number of hydrogen-bond acceptors (Lipinski definition) is 3. The lowest BCUT2D eigenvalue weighted by atomic mass is 10.1. The molecule has 0 radical (unpaired) electrons. The van der Waals surface area contributed by atoms with Gasteiger partial charge in [-0.3, -0.25) is 0 Å². The second kappa shape index (κ2) is 3.16. The number of carboxylic acids is 1. The predicted octanol–water partition coefficient (Wildman–Crippen LogP) is 0.805. The topological polar surface area (TPSA) is 57.5 Å². The largest absolute Gasteiger partial charge is 0.479 e. The van der Waals surface area contributed by atoms with Crippen LogP contribution in [0.2, 0.25) is 0 Å². The monoisotopic (exact) mass is 154 g/mol. The molecular weight excluding hydrogens is 144 g/mol. The van der Waals surface area contributed by atoms with Crippen LogP contribution in [0, 0.1) is 0 Å². The van der Waals surface area contributed by atoms with Crippen LogP contribution in [-0.2, 0) is 4.79 Å². The summed E-state index contributed by atoms with van der Waals surface area (Å²) in [6.45, 7) is 0. The van der Waals surface area contributed by atoms with Gasteiger partial charge in [-0.05, 0) is 5.56 Å². The summed E-state index contributed by atoms with van der Waals surface area (Å²) in [4.78, 5) is 10.9. The van der Waals surface area contributed by atoms with Gasteiger partial charge in [0, 0.05) is 0 Å². The van der Waals surface area contributed by atoms with Crippen LogP contribution >= 0.6 is 0 Å². The lowest BCUT2D eigenvalue weighted by molar-refractivity contribution is -0.146. The molecule has 0 unspecified atom stereocenters. The van der Waals surface area contributed by atoms with E-state index in [1.165, 1.54) is 0 Å². The van der Waals surface area contributed by atoms with Gasteiger partial charge in [-0.15, -0.1) is 0 Å². The summed E-state index contributed by atoms with van der Waals surface area (Å²) in [5.41, 5.74) is 0.495. The van der Waals surface area contributed by atoms with Crippen molar-refractivity contribution in [3.63, 3.8) is 0 Å². The average molecular weight is 154 g/mol. The van der Waals surface area contributed by atoms with Crippen molar-refractivity contribution in [1.82, 2.24) is 0 Å². The van der Waals surface area contributed by atoms with Crippen molar-refractivity contribution in [1.29, 1.82) is 2.86 Å². The molecule has 0 aliphatic carbocycles. The quantitative estimate of drug-likeness (QED) is 0.677. The van der Waals surface area contributed by atoms with Gasteiger partial charge in [0.25, 0.3) is 1.43 Å². The van der Waals surface area contributed by atoms with Gasteiger partial charge in [0.05, 0.1) is 0 Å². The first-order valence-electron chi connectivity index (χ1n) is 3.95. The van der Waals surface area contributed by atoms with E-state index in [4.69, 9.17) is 2.86 Å². The summed E-state index contributed by atoms with van der Waals surface area (Å²) in [7, 11) is 0. The summed E-state index contributed by atoms with van der Waals surface area (Å²) in [5.74, 6) is -0.902. The zero-order valence-electron chi connectivity index (χ0n) is 7.69. The van der Waals surface area contributed by atoms with Crippen molar-refractivity contribution in [3.8, 4) is 0 Å². The third-order valence-electron chi connectivity index (χ3n) is 1.32. The molecule has 0 spiro atoms. The Bertz CT molecular complexity index is 276. The van der Waals surface area contributed by atoms with Crippen molar-refractivity contribution in [2.45, 2.75) is 6.10 Å². The molecule has 1 aromatic rings. The van der Waals surface area contributed by atoms with Gasteiger partial charge in [-0.2, -0.15) is 0 Å². The molecule has 0 bridgehead atoms. The molecule has 0 aromatic heterocycles. The van der Waals surface area contributed by atoms with E-state index in [1.807, 2.05) is 0 Å². The molecule has 0 saturated heterocycles. The first kappa shape index (κ1) is 5.32. The normalized spacial score (nSPS) is 14.5. The molecule has 0 fully saturated rings. The van der Waals surface area contributed by atoms with Gasteiger partial charge in [0.15, 0.2) is 6.10 Å². The van der Waals surface area contributed by atoms with Gasteiger partial charge >= 0.3 is 5.97 Å². The summed E-state index contributed by atoms with van der Waals surface area (Å²) in [6, 6.07) is 8.43. The molecule has 2 N–H and O–H groups in total. The Morgan fingerprint density at radius 1 is 1.45 bits per heavy atom. The number of aliphatic carboxylic acids is 1. The Labute approximate surface area is 66.9 Å². The first-order chi connectivity index (χ1) is 6.29. The average Bonchev–Trinajstić information content (AvgIpc) is 2.20. The van der Waals surface area contributed by atoms with Crippen molar-refractivity contribution < 1.29 is 15.0 Å². The first-order valence-corrected chi connectivity index (χ1v) is 3.13. The number of carbonyl (C=O) groups is 1. The molecular formula is C8H8O3. The third-order valence-corrected chi connectivity index (χ3v) is 1.32. The lowest BCUT2D eigenvalue weighted by Crippen LogP contribution is -2.09. The number of hydrogen-bond donors (Lipinski definition) is 2. The summed E-state index contributed by atoms with van der Waals surface area (Å²) >= 11 is 0. The number of rotatable bonds is 3. The van der Waals surface area contributed by atoms with Crippen LogP contribution in [0.3, 0.4) is 0 Å². The molecule has 0 saturated carbocycles. The smallest absolute Gasteiger partial charge is 0.337 e. The Kier molecular flexibility index (Phi) is 1.53. The maximum absolute atomic E-state index is 10.9. The Morgan fingerprint density at radius 2 is 2.18 bits per heavy atom. The molecule has 1 rings (SSSR count). The van der Waals surface area contributed by atoms with E-state index in [9.17, 15) is 4.79 Å². The Morgan fingerprint density at radius 3 is 2.73 bits per heavy atom. The SMILES string of the molecule is [2H]OC(=O)[C@@H](O[2H])c1ccccc1. The van der Waals surface area contributed by atoms with Gasteiger partial charge in [0.1, 0.15) is 0 Å².